The van der Waals surface area contributed by atoms with E-state index in [0.29, 0.717) is 17.0 Å². The van der Waals surface area contributed by atoms with Crippen LogP contribution in [-0.4, -0.2) is 16.7 Å². The lowest BCUT2D eigenvalue weighted by atomic mass is 10.1. The van der Waals surface area contributed by atoms with Gasteiger partial charge in [0.15, 0.2) is 0 Å². The van der Waals surface area contributed by atoms with Crippen molar-refractivity contribution in [1.29, 1.82) is 0 Å². The normalized spacial score (nSPS) is 10.9. The van der Waals surface area contributed by atoms with Gasteiger partial charge in [0.1, 0.15) is 0 Å². The number of hydrogen-bond acceptors (Lipinski definition) is 2. The molecule has 0 saturated carbocycles. The topological polar surface area (TPSA) is 53.1 Å². The minimum absolute atomic E-state index is 0.0436. The monoisotopic (exact) mass is 237 g/mol. The number of aromatic amines is 1. The molecule has 0 bridgehead atoms. The Hall–Kier alpha value is -1.32. The Kier molecular flexibility index (Phi) is 2.99. The average Bonchev–Trinajstić information content (AvgIpc) is 2.26. The lowest BCUT2D eigenvalue weighted by molar-refractivity contribution is 0.299. The van der Waals surface area contributed by atoms with Crippen molar-refractivity contribution in [3.05, 3.63) is 44.7 Å². The molecule has 0 radical (unpaired) electrons. The van der Waals surface area contributed by atoms with Gasteiger partial charge in [-0.1, -0.05) is 17.7 Å². The van der Waals surface area contributed by atoms with E-state index in [2.05, 4.69) is 4.98 Å². The zero-order chi connectivity index (χ0) is 11.7. The first-order valence-corrected chi connectivity index (χ1v) is 5.43. The van der Waals surface area contributed by atoms with Gasteiger partial charge in [0.05, 0.1) is 5.52 Å². The number of H-pyrrole nitrogens is 1. The van der Waals surface area contributed by atoms with Crippen molar-refractivity contribution < 1.29 is 5.11 Å². The summed E-state index contributed by atoms with van der Waals surface area (Å²) >= 11 is 6.07. The number of nitrogens with one attached hydrogen (secondary N) is 1. The van der Waals surface area contributed by atoms with E-state index < -0.39 is 0 Å². The standard InChI is InChI=1S/C12H12ClNO2/c1-7-2-3-10(13)9-6-8(4-5-15)12(16)14-11(7)9/h2-3,6,15H,4-5H2,1H3,(H,14,16). The second-order valence-electron chi connectivity index (χ2n) is 3.75. The summed E-state index contributed by atoms with van der Waals surface area (Å²) in [6.45, 7) is 1.87. The second kappa shape index (κ2) is 4.28. The van der Waals surface area contributed by atoms with Crippen LogP contribution in [0, 0.1) is 6.92 Å². The lowest BCUT2D eigenvalue weighted by Crippen LogP contribution is -2.14. The van der Waals surface area contributed by atoms with Crippen LogP contribution in [0.15, 0.2) is 23.0 Å². The molecule has 1 heterocycles. The van der Waals surface area contributed by atoms with Gasteiger partial charge in [-0.05, 0) is 24.6 Å². The summed E-state index contributed by atoms with van der Waals surface area (Å²) in [6.07, 6.45) is 0.343. The largest absolute Gasteiger partial charge is 0.396 e. The van der Waals surface area contributed by atoms with Crippen LogP contribution in [-0.2, 0) is 6.42 Å². The van der Waals surface area contributed by atoms with E-state index in [9.17, 15) is 4.79 Å². The quantitative estimate of drug-likeness (QED) is 0.840. The highest BCUT2D eigenvalue weighted by Gasteiger charge is 2.07. The second-order valence-corrected chi connectivity index (χ2v) is 4.16. The molecule has 0 aliphatic rings. The maximum Gasteiger partial charge on any atom is 0.251 e. The smallest absolute Gasteiger partial charge is 0.251 e. The summed E-state index contributed by atoms with van der Waals surface area (Å²) in [5.74, 6) is 0. The highest BCUT2D eigenvalue weighted by atomic mass is 35.5. The molecule has 0 saturated heterocycles. The summed E-state index contributed by atoms with van der Waals surface area (Å²) in [6, 6.07) is 5.42. The highest BCUT2D eigenvalue weighted by Crippen LogP contribution is 2.24. The molecule has 0 atom stereocenters. The number of aliphatic hydroxyl groups is 1. The predicted molar refractivity (Wildman–Crippen MR) is 65.1 cm³/mol. The van der Waals surface area contributed by atoms with Crippen molar-refractivity contribution in [2.45, 2.75) is 13.3 Å². The number of pyridine rings is 1. The van der Waals surface area contributed by atoms with Gasteiger partial charge < -0.3 is 10.1 Å². The van der Waals surface area contributed by atoms with Gasteiger partial charge in [-0.25, -0.2) is 0 Å². The highest BCUT2D eigenvalue weighted by molar-refractivity contribution is 6.35. The van der Waals surface area contributed by atoms with E-state index in [1.807, 2.05) is 13.0 Å². The van der Waals surface area contributed by atoms with Crippen LogP contribution in [0.2, 0.25) is 5.02 Å². The van der Waals surface area contributed by atoms with Crippen LogP contribution < -0.4 is 5.56 Å². The molecule has 3 nitrogen and oxygen atoms in total. The Morgan fingerprint density at radius 2 is 2.19 bits per heavy atom. The van der Waals surface area contributed by atoms with Crippen molar-refractivity contribution in [3.8, 4) is 0 Å². The van der Waals surface area contributed by atoms with Gasteiger partial charge in [0.25, 0.3) is 5.56 Å². The van der Waals surface area contributed by atoms with Crippen LogP contribution in [0.5, 0.6) is 0 Å². The molecule has 0 amide bonds. The van der Waals surface area contributed by atoms with Crippen LogP contribution in [0.4, 0.5) is 0 Å². The molecule has 1 aromatic heterocycles. The number of benzene rings is 1. The Morgan fingerprint density at radius 3 is 2.88 bits per heavy atom. The SMILES string of the molecule is Cc1ccc(Cl)c2cc(CCO)c(=O)[nH]c12. The number of rotatable bonds is 2. The molecular formula is C12H12ClNO2. The summed E-state index contributed by atoms with van der Waals surface area (Å²) in [5, 5.41) is 10.3. The number of aliphatic hydroxyl groups excluding tert-OH is 1. The van der Waals surface area contributed by atoms with E-state index >= 15 is 0 Å². The van der Waals surface area contributed by atoms with Gasteiger partial charge in [0.2, 0.25) is 0 Å². The van der Waals surface area contributed by atoms with E-state index in [4.69, 9.17) is 16.7 Å². The molecular weight excluding hydrogens is 226 g/mol. The van der Waals surface area contributed by atoms with E-state index in [1.165, 1.54) is 0 Å². The van der Waals surface area contributed by atoms with Crippen molar-refractivity contribution in [2.75, 3.05) is 6.61 Å². The molecule has 0 unspecified atom stereocenters. The Morgan fingerprint density at radius 1 is 1.44 bits per heavy atom. The van der Waals surface area contributed by atoms with E-state index in [-0.39, 0.29) is 12.2 Å². The van der Waals surface area contributed by atoms with Gasteiger partial charge in [-0.15, -0.1) is 0 Å². The van der Waals surface area contributed by atoms with E-state index in [1.54, 1.807) is 12.1 Å². The van der Waals surface area contributed by atoms with Crippen molar-refractivity contribution in [2.24, 2.45) is 0 Å². The van der Waals surface area contributed by atoms with Gasteiger partial charge in [-0.3, -0.25) is 4.79 Å². The molecule has 84 valence electrons. The Labute approximate surface area is 97.7 Å². The molecule has 0 aliphatic heterocycles. The molecule has 2 aromatic rings. The van der Waals surface area contributed by atoms with Crippen molar-refractivity contribution in [3.63, 3.8) is 0 Å². The fourth-order valence-corrected chi connectivity index (χ4v) is 1.96. The third-order valence-electron chi connectivity index (χ3n) is 2.63. The molecule has 2 rings (SSSR count). The maximum absolute atomic E-state index is 11.7. The van der Waals surface area contributed by atoms with Gasteiger partial charge in [-0.2, -0.15) is 0 Å². The number of aryl methyl sites for hydroxylation is 1. The molecule has 2 N–H and O–H groups in total. The molecule has 16 heavy (non-hydrogen) atoms. The number of fused-ring (bicyclic) bond motifs is 1. The molecule has 0 fully saturated rings. The molecule has 1 aromatic carbocycles. The summed E-state index contributed by atoms with van der Waals surface area (Å²) in [5.41, 5.74) is 2.14. The Balaban J connectivity index is 2.79. The third-order valence-corrected chi connectivity index (χ3v) is 2.96. The number of aromatic nitrogens is 1. The van der Waals surface area contributed by atoms with Crippen molar-refractivity contribution >= 4 is 22.5 Å². The van der Waals surface area contributed by atoms with Crippen LogP contribution in [0.25, 0.3) is 10.9 Å². The number of halogens is 1. The molecule has 0 aliphatic carbocycles. The molecule has 4 heteroatoms. The first-order chi connectivity index (χ1) is 7.63. The van der Waals surface area contributed by atoms with Crippen LogP contribution >= 0.6 is 11.6 Å². The Bertz CT molecular complexity index is 589. The first-order valence-electron chi connectivity index (χ1n) is 5.05. The zero-order valence-corrected chi connectivity index (χ0v) is 9.64. The predicted octanol–water partition coefficient (Wildman–Crippen LogP) is 2.02. The third kappa shape index (κ3) is 1.84. The summed E-state index contributed by atoms with van der Waals surface area (Å²) < 4.78 is 0. The fraction of sp³-hybridized carbons (Fsp3) is 0.250. The zero-order valence-electron chi connectivity index (χ0n) is 8.88. The number of hydrogen-bond donors (Lipinski definition) is 2. The fourth-order valence-electron chi connectivity index (χ4n) is 1.75. The summed E-state index contributed by atoms with van der Waals surface area (Å²) in [4.78, 5) is 14.5. The van der Waals surface area contributed by atoms with E-state index in [0.717, 1.165) is 16.5 Å². The van der Waals surface area contributed by atoms with Gasteiger partial charge >= 0.3 is 0 Å². The molecule has 0 spiro atoms. The first kappa shape index (κ1) is 11.2. The van der Waals surface area contributed by atoms with Crippen LogP contribution in [0.3, 0.4) is 0 Å². The average molecular weight is 238 g/mol. The minimum atomic E-state index is -0.160. The maximum atomic E-state index is 11.7. The van der Waals surface area contributed by atoms with Crippen molar-refractivity contribution in [1.82, 2.24) is 4.98 Å². The lowest BCUT2D eigenvalue weighted by Gasteiger charge is -2.06. The van der Waals surface area contributed by atoms with Gasteiger partial charge in [0, 0.05) is 29.0 Å². The minimum Gasteiger partial charge on any atom is -0.396 e. The summed E-state index contributed by atoms with van der Waals surface area (Å²) in [7, 11) is 0. The van der Waals surface area contributed by atoms with Crippen LogP contribution in [0.1, 0.15) is 11.1 Å².